The Labute approximate surface area is 218 Å². The van der Waals surface area contributed by atoms with Crippen LogP contribution in [0.5, 0.6) is 0 Å². The van der Waals surface area contributed by atoms with Gasteiger partial charge in [0.1, 0.15) is 0 Å². The second-order valence-corrected chi connectivity index (χ2v) is 11.6. The maximum atomic E-state index is 13.4. The summed E-state index contributed by atoms with van der Waals surface area (Å²) in [6.45, 7) is 3.40. The van der Waals surface area contributed by atoms with Gasteiger partial charge in [0.05, 0.1) is 23.1 Å². The number of hydrogen-bond acceptors (Lipinski definition) is 5. The molecule has 8 heteroatoms. The summed E-state index contributed by atoms with van der Waals surface area (Å²) in [5.41, 5.74) is 4.40. The van der Waals surface area contributed by atoms with Crippen molar-refractivity contribution in [1.29, 1.82) is 0 Å². The van der Waals surface area contributed by atoms with E-state index >= 15 is 0 Å². The summed E-state index contributed by atoms with van der Waals surface area (Å²) in [5, 5.41) is 24.4. The normalized spacial score (nSPS) is 18.7. The summed E-state index contributed by atoms with van der Waals surface area (Å²) >= 11 is 0. The zero-order valence-electron chi connectivity index (χ0n) is 21.1. The first-order valence-electron chi connectivity index (χ1n) is 12.5. The van der Waals surface area contributed by atoms with E-state index in [4.69, 9.17) is 0 Å². The van der Waals surface area contributed by atoms with Crippen LogP contribution in [0, 0.1) is 19.8 Å². The van der Waals surface area contributed by atoms with Gasteiger partial charge in [-0.05, 0) is 55.0 Å². The van der Waals surface area contributed by atoms with E-state index in [9.17, 15) is 23.4 Å². The molecule has 3 aromatic carbocycles. The molecule has 0 radical (unpaired) electrons. The average molecular weight is 523 g/mol. The van der Waals surface area contributed by atoms with Gasteiger partial charge in [-0.15, -0.1) is 0 Å². The molecule has 7 nitrogen and oxygen atoms in total. The van der Waals surface area contributed by atoms with Crippen molar-refractivity contribution in [1.82, 2.24) is 10.0 Å². The van der Waals surface area contributed by atoms with E-state index in [0.29, 0.717) is 18.4 Å². The average Bonchev–Trinajstić information content (AvgIpc) is 3.17. The van der Waals surface area contributed by atoms with E-state index < -0.39 is 34.2 Å². The quantitative estimate of drug-likeness (QED) is 0.327. The van der Waals surface area contributed by atoms with Crippen LogP contribution >= 0.6 is 0 Å². The number of sulfonamides is 1. The maximum absolute atomic E-state index is 13.4. The molecular formula is C29H34N2O5S. The van der Waals surface area contributed by atoms with Crippen LogP contribution in [-0.4, -0.2) is 43.3 Å². The SMILES string of the molecule is Cc1ccc(S(=O)(=O)NC[C@@H](O)C[C@@H](Cc2ccccc2)C(=O)N[C@H]2c3ccccc3C[C@H]2O)c(C)c1. The Morgan fingerprint density at radius 2 is 1.73 bits per heavy atom. The molecule has 0 saturated heterocycles. The van der Waals surface area contributed by atoms with Crippen LogP contribution < -0.4 is 10.0 Å². The Hall–Kier alpha value is -3.04. The second kappa shape index (κ2) is 11.6. The first-order valence-corrected chi connectivity index (χ1v) is 14.0. The fourth-order valence-corrected chi connectivity index (χ4v) is 6.29. The van der Waals surface area contributed by atoms with Crippen LogP contribution in [0.4, 0.5) is 0 Å². The molecule has 1 aliphatic carbocycles. The Bertz CT molecular complexity index is 1340. The standard InChI is InChI=1S/C29H34N2O5S/c1-19-12-13-27(20(2)14-19)37(35,36)30-18-24(32)16-23(15-21-8-4-3-5-9-21)29(34)31-28-25-11-7-6-10-22(25)17-26(28)33/h3-14,23-24,26,28,30,32-33H,15-18H2,1-2H3,(H,31,34)/t23-,24+,26-,28+/m1/s1. The van der Waals surface area contributed by atoms with Crippen molar-refractivity contribution in [3.63, 3.8) is 0 Å². The molecular weight excluding hydrogens is 488 g/mol. The van der Waals surface area contributed by atoms with Crippen molar-refractivity contribution in [3.05, 3.63) is 101 Å². The monoisotopic (exact) mass is 522 g/mol. The largest absolute Gasteiger partial charge is 0.392 e. The number of rotatable bonds is 10. The highest BCUT2D eigenvalue weighted by Gasteiger charge is 2.34. The smallest absolute Gasteiger partial charge is 0.240 e. The third-order valence-corrected chi connectivity index (χ3v) is 8.47. The molecule has 4 N–H and O–H groups in total. The number of benzene rings is 3. The maximum Gasteiger partial charge on any atom is 0.240 e. The highest BCUT2D eigenvalue weighted by molar-refractivity contribution is 7.89. The minimum absolute atomic E-state index is 0.0561. The number of fused-ring (bicyclic) bond motifs is 1. The molecule has 0 fully saturated rings. The lowest BCUT2D eigenvalue weighted by atomic mass is 9.92. The molecule has 3 aromatic rings. The molecule has 4 rings (SSSR count). The van der Waals surface area contributed by atoms with Gasteiger partial charge in [0.15, 0.2) is 0 Å². The van der Waals surface area contributed by atoms with Crippen LogP contribution in [0.25, 0.3) is 0 Å². The summed E-state index contributed by atoms with van der Waals surface area (Å²) in [7, 11) is -3.82. The number of carbonyl (C=O) groups is 1. The van der Waals surface area contributed by atoms with Crippen molar-refractivity contribution < 1.29 is 23.4 Å². The van der Waals surface area contributed by atoms with E-state index in [-0.39, 0.29) is 23.8 Å². The van der Waals surface area contributed by atoms with Crippen molar-refractivity contribution in [2.75, 3.05) is 6.54 Å². The molecule has 0 aliphatic heterocycles. The number of aliphatic hydroxyl groups is 2. The van der Waals surface area contributed by atoms with Crippen LogP contribution in [0.3, 0.4) is 0 Å². The molecule has 1 aliphatic rings. The highest BCUT2D eigenvalue weighted by Crippen LogP contribution is 2.32. The van der Waals surface area contributed by atoms with Crippen molar-refractivity contribution in [2.45, 2.75) is 56.3 Å². The van der Waals surface area contributed by atoms with E-state index in [1.807, 2.05) is 61.5 Å². The molecule has 0 heterocycles. The number of amides is 1. The number of aryl methyl sites for hydroxylation is 2. The Balaban J connectivity index is 1.46. The Morgan fingerprint density at radius 1 is 1.03 bits per heavy atom. The Morgan fingerprint density at radius 3 is 2.46 bits per heavy atom. The highest BCUT2D eigenvalue weighted by atomic mass is 32.2. The summed E-state index contributed by atoms with van der Waals surface area (Å²) in [6, 6.07) is 21.7. The third-order valence-electron chi connectivity index (χ3n) is 6.88. The van der Waals surface area contributed by atoms with E-state index in [0.717, 1.165) is 22.3 Å². The van der Waals surface area contributed by atoms with Gasteiger partial charge in [0, 0.05) is 18.9 Å². The van der Waals surface area contributed by atoms with Crippen LogP contribution in [-0.2, 0) is 27.7 Å². The topological polar surface area (TPSA) is 116 Å². The summed E-state index contributed by atoms with van der Waals surface area (Å²) in [6.07, 6.45) is -0.916. The van der Waals surface area contributed by atoms with Crippen LogP contribution in [0.15, 0.2) is 77.7 Å². The molecule has 0 unspecified atom stereocenters. The van der Waals surface area contributed by atoms with Crippen molar-refractivity contribution in [2.24, 2.45) is 5.92 Å². The lowest BCUT2D eigenvalue weighted by Gasteiger charge is -2.24. The van der Waals surface area contributed by atoms with Crippen molar-refractivity contribution in [3.8, 4) is 0 Å². The third kappa shape index (κ3) is 6.64. The second-order valence-electron chi connectivity index (χ2n) is 9.85. The number of aliphatic hydroxyl groups excluding tert-OH is 2. The summed E-state index contributed by atoms with van der Waals surface area (Å²) in [5.74, 6) is -0.913. The molecule has 0 saturated carbocycles. The number of nitrogens with one attached hydrogen (secondary N) is 2. The molecule has 0 bridgehead atoms. The van der Waals surface area contributed by atoms with E-state index in [1.54, 1.807) is 25.1 Å². The predicted molar refractivity (Wildman–Crippen MR) is 142 cm³/mol. The van der Waals surface area contributed by atoms with Gasteiger partial charge in [-0.3, -0.25) is 4.79 Å². The first-order chi connectivity index (χ1) is 17.6. The first kappa shape index (κ1) is 27.0. The number of carbonyl (C=O) groups excluding carboxylic acids is 1. The van der Waals surface area contributed by atoms with Crippen molar-refractivity contribution >= 4 is 15.9 Å². The van der Waals surface area contributed by atoms with Gasteiger partial charge in [0.25, 0.3) is 0 Å². The molecule has 1 amide bonds. The van der Waals surface area contributed by atoms with Gasteiger partial charge in [0.2, 0.25) is 15.9 Å². The lowest BCUT2D eigenvalue weighted by molar-refractivity contribution is -0.127. The molecule has 37 heavy (non-hydrogen) atoms. The predicted octanol–water partition coefficient (Wildman–Crippen LogP) is 2.97. The molecule has 0 aromatic heterocycles. The van der Waals surface area contributed by atoms with Gasteiger partial charge in [-0.1, -0.05) is 72.3 Å². The van der Waals surface area contributed by atoms with Gasteiger partial charge in [-0.2, -0.15) is 0 Å². The fourth-order valence-electron chi connectivity index (χ4n) is 5.00. The van der Waals surface area contributed by atoms with E-state index in [1.165, 1.54) is 0 Å². The minimum atomic E-state index is -3.82. The summed E-state index contributed by atoms with van der Waals surface area (Å²) in [4.78, 5) is 13.6. The zero-order chi connectivity index (χ0) is 26.6. The van der Waals surface area contributed by atoms with Gasteiger partial charge >= 0.3 is 0 Å². The minimum Gasteiger partial charge on any atom is -0.392 e. The fraction of sp³-hybridized carbons (Fsp3) is 0.345. The molecule has 196 valence electrons. The van der Waals surface area contributed by atoms with E-state index in [2.05, 4.69) is 10.0 Å². The van der Waals surface area contributed by atoms with Gasteiger partial charge in [-0.25, -0.2) is 13.1 Å². The van der Waals surface area contributed by atoms with Crippen LogP contribution in [0.2, 0.25) is 0 Å². The van der Waals surface area contributed by atoms with Crippen LogP contribution in [0.1, 0.15) is 40.3 Å². The zero-order valence-corrected chi connectivity index (χ0v) is 21.9. The molecule has 4 atom stereocenters. The number of hydrogen-bond donors (Lipinski definition) is 4. The Kier molecular flexibility index (Phi) is 8.44. The van der Waals surface area contributed by atoms with Gasteiger partial charge < -0.3 is 15.5 Å². The molecule has 0 spiro atoms. The lowest BCUT2D eigenvalue weighted by Crippen LogP contribution is -2.41. The summed E-state index contributed by atoms with van der Waals surface area (Å²) < 4.78 is 28.2.